The van der Waals surface area contributed by atoms with Crippen LogP contribution in [0.25, 0.3) is 0 Å². The van der Waals surface area contributed by atoms with Gasteiger partial charge in [-0.15, -0.1) is 6.58 Å². The van der Waals surface area contributed by atoms with E-state index in [4.69, 9.17) is 18.9 Å². The number of carbonyl (C=O) groups excluding carboxylic acids is 3. The minimum Gasteiger partial charge on any atom is -0.455 e. The van der Waals surface area contributed by atoms with Crippen molar-refractivity contribution in [3.05, 3.63) is 48.0 Å². The largest absolute Gasteiger partial charge is 0.455 e. The first kappa shape index (κ1) is 32.8. The molecule has 242 valence electrons. The molecule has 2 aliphatic carbocycles. The Morgan fingerprint density at radius 1 is 1.14 bits per heavy atom. The number of carbonyl (C=O) groups is 3. The number of fused-ring (bicyclic) bond motifs is 3. The van der Waals surface area contributed by atoms with E-state index in [0.29, 0.717) is 38.2 Å². The van der Waals surface area contributed by atoms with E-state index in [1.54, 1.807) is 32.0 Å². The van der Waals surface area contributed by atoms with E-state index in [9.17, 15) is 24.6 Å². The number of benzene rings is 1. The van der Waals surface area contributed by atoms with E-state index in [1.807, 2.05) is 19.9 Å². The van der Waals surface area contributed by atoms with Crippen LogP contribution in [0.3, 0.4) is 0 Å². The number of hydrogen-bond acceptors (Lipinski definition) is 10. The van der Waals surface area contributed by atoms with E-state index < -0.39 is 69.6 Å². The third-order valence-corrected chi connectivity index (χ3v) is 10.9. The number of aliphatic hydroxyl groups excluding tert-OH is 1. The zero-order valence-corrected chi connectivity index (χ0v) is 26.8. The Labute approximate surface area is 259 Å². The molecule has 2 heterocycles. The number of ether oxygens (including phenoxy) is 4. The van der Waals surface area contributed by atoms with Crippen molar-refractivity contribution in [3.8, 4) is 0 Å². The van der Waals surface area contributed by atoms with Crippen molar-refractivity contribution in [2.75, 3.05) is 26.3 Å². The molecular formula is C34H47NO9. The fourth-order valence-electron chi connectivity index (χ4n) is 8.75. The molecule has 2 N–H and O–H groups in total. The summed E-state index contributed by atoms with van der Waals surface area (Å²) in [5.74, 6) is -2.67. The fraction of sp³-hybridized carbons (Fsp3) is 0.676. The summed E-state index contributed by atoms with van der Waals surface area (Å²) in [5.41, 5.74) is -6.32. The zero-order valence-electron chi connectivity index (χ0n) is 26.8. The van der Waals surface area contributed by atoms with Gasteiger partial charge in [0.25, 0.3) is 0 Å². The van der Waals surface area contributed by atoms with Gasteiger partial charge in [-0.25, -0.2) is 4.79 Å². The summed E-state index contributed by atoms with van der Waals surface area (Å²) in [6.45, 7) is 17.4. The second kappa shape index (κ2) is 11.3. The maximum absolute atomic E-state index is 14.2. The summed E-state index contributed by atoms with van der Waals surface area (Å²) in [6.07, 6.45) is -1.56. The predicted octanol–water partition coefficient (Wildman–Crippen LogP) is 3.22. The highest BCUT2D eigenvalue weighted by atomic mass is 16.6. The van der Waals surface area contributed by atoms with Gasteiger partial charge in [0.2, 0.25) is 0 Å². The first-order valence-corrected chi connectivity index (χ1v) is 15.6. The summed E-state index contributed by atoms with van der Waals surface area (Å²) in [4.78, 5) is 43.1. The first-order valence-electron chi connectivity index (χ1n) is 15.6. The molecule has 1 aromatic rings. The van der Waals surface area contributed by atoms with Crippen molar-refractivity contribution < 1.29 is 43.5 Å². The number of aliphatic hydroxyl groups is 2. The van der Waals surface area contributed by atoms with E-state index in [0.717, 1.165) is 18.7 Å². The molecule has 2 saturated heterocycles. The molecule has 0 aromatic heterocycles. The monoisotopic (exact) mass is 613 g/mol. The predicted molar refractivity (Wildman–Crippen MR) is 161 cm³/mol. The summed E-state index contributed by atoms with van der Waals surface area (Å²) in [5, 5.41) is 24.4. The Morgan fingerprint density at radius 2 is 1.82 bits per heavy atom. The number of hydrogen-bond donors (Lipinski definition) is 2. The third-order valence-electron chi connectivity index (χ3n) is 10.9. The zero-order chi connectivity index (χ0) is 32.3. The Kier molecular flexibility index (Phi) is 8.42. The quantitative estimate of drug-likeness (QED) is 0.364. The molecular weight excluding hydrogens is 566 g/mol. The minimum atomic E-state index is -2.29. The number of morpholine rings is 1. The van der Waals surface area contributed by atoms with Crippen molar-refractivity contribution in [1.29, 1.82) is 0 Å². The van der Waals surface area contributed by atoms with Gasteiger partial charge >= 0.3 is 11.9 Å². The Bertz CT molecular complexity index is 1320. The molecule has 5 rings (SSSR count). The normalized spacial score (nSPS) is 40.3. The molecule has 0 amide bonds. The van der Waals surface area contributed by atoms with Crippen molar-refractivity contribution in [2.24, 2.45) is 16.7 Å². The lowest BCUT2D eigenvalue weighted by Gasteiger charge is -2.71. The lowest BCUT2D eigenvalue weighted by Crippen LogP contribution is -2.87. The van der Waals surface area contributed by atoms with Gasteiger partial charge in [-0.2, -0.15) is 0 Å². The maximum atomic E-state index is 14.2. The van der Waals surface area contributed by atoms with Gasteiger partial charge in [-0.1, -0.05) is 39.0 Å². The minimum absolute atomic E-state index is 0.189. The smallest absolute Gasteiger partial charge is 0.338 e. The summed E-state index contributed by atoms with van der Waals surface area (Å²) in [7, 11) is 0. The van der Waals surface area contributed by atoms with Crippen LogP contribution in [0.5, 0.6) is 0 Å². The van der Waals surface area contributed by atoms with Crippen LogP contribution in [-0.2, 0) is 35.1 Å². The van der Waals surface area contributed by atoms with E-state index in [2.05, 4.69) is 11.5 Å². The lowest BCUT2D eigenvalue weighted by molar-refractivity contribution is -0.369. The molecule has 0 radical (unpaired) electrons. The topological polar surface area (TPSA) is 132 Å². The van der Waals surface area contributed by atoms with E-state index >= 15 is 0 Å². The molecule has 0 spiro atoms. The van der Waals surface area contributed by atoms with Crippen molar-refractivity contribution in [1.82, 2.24) is 4.90 Å². The summed E-state index contributed by atoms with van der Waals surface area (Å²) in [6, 6.07) is 7.20. The van der Waals surface area contributed by atoms with Crippen molar-refractivity contribution in [3.63, 3.8) is 0 Å². The van der Waals surface area contributed by atoms with Gasteiger partial charge in [-0.3, -0.25) is 14.5 Å². The van der Waals surface area contributed by atoms with Crippen LogP contribution < -0.4 is 0 Å². The van der Waals surface area contributed by atoms with Crippen LogP contribution in [0.15, 0.2) is 36.9 Å². The Balaban J connectivity index is 1.61. The van der Waals surface area contributed by atoms with Gasteiger partial charge in [-0.05, 0) is 49.8 Å². The molecule has 10 nitrogen and oxygen atoms in total. The number of ketones is 1. The first-order chi connectivity index (χ1) is 20.5. The van der Waals surface area contributed by atoms with Crippen LogP contribution in [0, 0.1) is 16.7 Å². The molecule has 10 heteroatoms. The Hall–Kier alpha value is -2.63. The average Bonchev–Trinajstić information content (AvgIpc) is 2.96. The van der Waals surface area contributed by atoms with Gasteiger partial charge < -0.3 is 29.2 Å². The number of esters is 2. The molecule has 1 aromatic carbocycles. The fourth-order valence-corrected chi connectivity index (χ4v) is 8.75. The van der Waals surface area contributed by atoms with Gasteiger partial charge in [0.15, 0.2) is 17.5 Å². The molecule has 8 atom stereocenters. The number of nitrogens with zero attached hydrogens (tertiary/aromatic N) is 1. The third kappa shape index (κ3) is 5.03. The van der Waals surface area contributed by atoms with Gasteiger partial charge in [0, 0.05) is 44.3 Å². The molecule has 4 aliphatic rings. The van der Waals surface area contributed by atoms with Gasteiger partial charge in [0.05, 0.1) is 30.5 Å². The van der Waals surface area contributed by atoms with Crippen LogP contribution in [-0.4, -0.2) is 94.3 Å². The molecule has 0 unspecified atom stereocenters. The molecule has 44 heavy (non-hydrogen) atoms. The van der Waals surface area contributed by atoms with Gasteiger partial charge in [0.1, 0.15) is 11.7 Å². The summed E-state index contributed by atoms with van der Waals surface area (Å²) >= 11 is 0. The number of Topliss-reactive ketones (excluding diaryl/α,β-unsaturated/α-hetero) is 1. The lowest BCUT2D eigenvalue weighted by atomic mass is 9.39. The van der Waals surface area contributed by atoms with Crippen LogP contribution >= 0.6 is 0 Å². The standard InChI is InChI=1S/C34H47NO9/c1-8-31(5)19-25(38)34(40)32(6)24(37)12-13-30(3,4)27(32)26(28(42-21(2)36)33(34,7)44-31)43-29(39)23-11-9-10-22(18-23)20-35-14-16-41-17-15-35/h8-11,18,24,26-28,37,40H,1,12-17,19-20H2,2-7H3/t24-,26-,27-,28-,31-,32-,33+,34-/m0/s1. The maximum Gasteiger partial charge on any atom is 0.338 e. The summed E-state index contributed by atoms with van der Waals surface area (Å²) < 4.78 is 24.3. The molecule has 2 saturated carbocycles. The highest BCUT2D eigenvalue weighted by molar-refractivity contribution is 5.93. The van der Waals surface area contributed by atoms with Crippen LogP contribution in [0.2, 0.25) is 0 Å². The second-order valence-corrected chi connectivity index (χ2v) is 14.3. The number of rotatable bonds is 6. The van der Waals surface area contributed by atoms with Crippen LogP contribution in [0.1, 0.15) is 76.7 Å². The molecule has 4 fully saturated rings. The SMILES string of the molecule is C=C[C@@]1(C)CC(=O)[C@]2(O)[C@@]3(C)[C@@H](O)CCC(C)(C)[C@@H]3[C@H](OC(=O)c3cccc(CN4CCOCC4)c3)[C@H](OC(C)=O)[C@@]2(C)O1. The average molecular weight is 614 g/mol. The molecule has 0 bridgehead atoms. The molecule has 2 aliphatic heterocycles. The van der Waals surface area contributed by atoms with E-state index in [1.165, 1.54) is 19.9 Å². The van der Waals surface area contributed by atoms with Crippen LogP contribution in [0.4, 0.5) is 0 Å². The Morgan fingerprint density at radius 3 is 2.45 bits per heavy atom. The highest BCUT2D eigenvalue weighted by Crippen LogP contribution is 2.67. The van der Waals surface area contributed by atoms with Crippen molar-refractivity contribution in [2.45, 2.75) is 102 Å². The second-order valence-electron chi connectivity index (χ2n) is 14.3. The van der Waals surface area contributed by atoms with Crippen molar-refractivity contribution >= 4 is 17.7 Å². The highest BCUT2D eigenvalue weighted by Gasteiger charge is 2.82. The van der Waals surface area contributed by atoms with E-state index in [-0.39, 0.29) is 6.42 Å².